The van der Waals surface area contributed by atoms with Crippen molar-refractivity contribution in [3.63, 3.8) is 0 Å². The van der Waals surface area contributed by atoms with Crippen molar-refractivity contribution in [3.8, 4) is 11.5 Å². The van der Waals surface area contributed by atoms with Gasteiger partial charge >= 0.3 is 0 Å². The topological polar surface area (TPSA) is 109 Å². The molecule has 1 aromatic carbocycles. The van der Waals surface area contributed by atoms with Crippen LogP contribution < -0.4 is 14.9 Å². The molecule has 0 saturated heterocycles. The first-order chi connectivity index (χ1) is 13.3. The van der Waals surface area contributed by atoms with Gasteiger partial charge in [-0.1, -0.05) is 6.92 Å². The van der Waals surface area contributed by atoms with E-state index in [1.165, 1.54) is 0 Å². The van der Waals surface area contributed by atoms with E-state index in [4.69, 9.17) is 19.0 Å². The molecule has 3 rings (SSSR count). The second-order valence-corrected chi connectivity index (χ2v) is 7.69. The van der Waals surface area contributed by atoms with Crippen LogP contribution in [0.15, 0.2) is 15.3 Å². The maximum absolute atomic E-state index is 13.3. The SMILES string of the molecule is CCCOc1c2c(cc3oc(CO)c(CCCO)c(=O)c13)O[C@H](C(C)(C)O)C2. The molecule has 2 aromatic rings. The van der Waals surface area contributed by atoms with Crippen LogP contribution in [-0.4, -0.2) is 40.2 Å². The highest BCUT2D eigenvalue weighted by atomic mass is 16.5. The van der Waals surface area contributed by atoms with Crippen LogP contribution in [0.4, 0.5) is 0 Å². The van der Waals surface area contributed by atoms with Crippen LogP contribution in [0.25, 0.3) is 11.0 Å². The molecule has 0 amide bonds. The smallest absolute Gasteiger partial charge is 0.200 e. The Labute approximate surface area is 163 Å². The summed E-state index contributed by atoms with van der Waals surface area (Å²) in [5.41, 5.74) is 0.0451. The average molecular weight is 392 g/mol. The quantitative estimate of drug-likeness (QED) is 0.631. The van der Waals surface area contributed by atoms with Gasteiger partial charge in [-0.3, -0.25) is 4.79 Å². The number of aliphatic hydroxyl groups excluding tert-OH is 2. The second kappa shape index (κ2) is 8.11. The predicted molar refractivity (Wildman–Crippen MR) is 104 cm³/mol. The van der Waals surface area contributed by atoms with Gasteiger partial charge in [0.25, 0.3) is 0 Å². The number of hydrogen-bond acceptors (Lipinski definition) is 7. The van der Waals surface area contributed by atoms with Gasteiger partial charge in [0.15, 0.2) is 5.43 Å². The summed E-state index contributed by atoms with van der Waals surface area (Å²) in [4.78, 5) is 13.3. The Balaban J connectivity index is 2.24. The Bertz CT molecular complexity index is 908. The van der Waals surface area contributed by atoms with Crippen LogP contribution in [0.3, 0.4) is 0 Å². The minimum atomic E-state index is -1.06. The van der Waals surface area contributed by atoms with Crippen LogP contribution in [0.1, 0.15) is 50.5 Å². The van der Waals surface area contributed by atoms with Crippen molar-refractivity contribution in [1.82, 2.24) is 0 Å². The van der Waals surface area contributed by atoms with E-state index in [1.807, 2.05) is 6.92 Å². The molecule has 1 aliphatic rings. The number of aliphatic hydroxyl groups is 3. The van der Waals surface area contributed by atoms with Gasteiger partial charge in [-0.25, -0.2) is 0 Å². The lowest BCUT2D eigenvalue weighted by Crippen LogP contribution is -2.39. The van der Waals surface area contributed by atoms with Crippen molar-refractivity contribution in [3.05, 3.63) is 33.2 Å². The Kier molecular flexibility index (Phi) is 5.98. The predicted octanol–water partition coefficient (Wildman–Crippen LogP) is 2.07. The van der Waals surface area contributed by atoms with Gasteiger partial charge < -0.3 is 29.2 Å². The minimum Gasteiger partial charge on any atom is -0.492 e. The van der Waals surface area contributed by atoms with Crippen LogP contribution >= 0.6 is 0 Å². The van der Waals surface area contributed by atoms with Gasteiger partial charge in [0.1, 0.15) is 40.9 Å². The molecule has 0 bridgehead atoms. The molecule has 154 valence electrons. The van der Waals surface area contributed by atoms with Crippen molar-refractivity contribution in [2.24, 2.45) is 0 Å². The molecule has 1 aromatic heterocycles. The van der Waals surface area contributed by atoms with E-state index >= 15 is 0 Å². The summed E-state index contributed by atoms with van der Waals surface area (Å²) in [7, 11) is 0. The molecule has 7 heteroatoms. The Morgan fingerprint density at radius 2 is 2.07 bits per heavy atom. The van der Waals surface area contributed by atoms with Gasteiger partial charge in [-0.2, -0.15) is 0 Å². The molecule has 1 atom stereocenters. The van der Waals surface area contributed by atoms with Gasteiger partial charge in [-0.05, 0) is 33.1 Å². The van der Waals surface area contributed by atoms with E-state index in [0.717, 1.165) is 12.0 Å². The number of hydrogen-bond donors (Lipinski definition) is 3. The van der Waals surface area contributed by atoms with E-state index in [2.05, 4.69) is 0 Å². The fourth-order valence-corrected chi connectivity index (χ4v) is 3.49. The maximum atomic E-state index is 13.3. The molecule has 3 N–H and O–H groups in total. The second-order valence-electron chi connectivity index (χ2n) is 7.69. The fourth-order valence-electron chi connectivity index (χ4n) is 3.49. The number of benzene rings is 1. The van der Waals surface area contributed by atoms with E-state index in [1.54, 1.807) is 19.9 Å². The monoisotopic (exact) mass is 392 g/mol. The molecule has 2 heterocycles. The lowest BCUT2D eigenvalue weighted by Gasteiger charge is -2.24. The molecule has 0 saturated carbocycles. The van der Waals surface area contributed by atoms with Crippen molar-refractivity contribution in [2.75, 3.05) is 13.2 Å². The molecule has 0 unspecified atom stereocenters. The lowest BCUT2D eigenvalue weighted by molar-refractivity contribution is -0.0229. The van der Waals surface area contributed by atoms with Crippen molar-refractivity contribution >= 4 is 11.0 Å². The Morgan fingerprint density at radius 1 is 1.32 bits per heavy atom. The zero-order valence-corrected chi connectivity index (χ0v) is 16.6. The van der Waals surface area contributed by atoms with Gasteiger partial charge in [0, 0.05) is 30.2 Å². The molecular formula is C21H28O7. The minimum absolute atomic E-state index is 0.0627. The fraction of sp³-hybridized carbons (Fsp3) is 0.571. The number of fused-ring (bicyclic) bond motifs is 2. The number of rotatable bonds is 8. The first-order valence-electron chi connectivity index (χ1n) is 9.69. The molecule has 0 fully saturated rings. The first kappa shape index (κ1) is 20.6. The molecule has 1 aliphatic heterocycles. The highest BCUT2D eigenvalue weighted by molar-refractivity contribution is 5.88. The lowest BCUT2D eigenvalue weighted by atomic mass is 9.95. The highest BCUT2D eigenvalue weighted by Gasteiger charge is 2.38. The summed E-state index contributed by atoms with van der Waals surface area (Å²) in [5, 5.41) is 29.5. The number of ether oxygens (including phenoxy) is 2. The third-order valence-corrected chi connectivity index (χ3v) is 5.00. The standard InChI is InChI=1S/C21H28O7/c1-4-8-26-20-13-9-17(21(2,3)25)28-14(13)10-15-18(20)19(24)12(6-5-7-22)16(11-23)27-15/h10,17,22-23,25H,4-9,11H2,1-3H3/t17-/m0/s1. The maximum Gasteiger partial charge on any atom is 0.200 e. The van der Waals surface area contributed by atoms with Crippen LogP contribution in [0, 0.1) is 0 Å². The third-order valence-electron chi connectivity index (χ3n) is 5.00. The summed E-state index contributed by atoms with van der Waals surface area (Å²) in [6.07, 6.45) is 1.41. The summed E-state index contributed by atoms with van der Waals surface area (Å²) >= 11 is 0. The van der Waals surface area contributed by atoms with Gasteiger partial charge in [0.2, 0.25) is 0 Å². The zero-order valence-electron chi connectivity index (χ0n) is 16.6. The van der Waals surface area contributed by atoms with Crippen molar-refractivity contribution in [1.29, 1.82) is 0 Å². The Hall–Kier alpha value is -2.09. The molecule has 0 aliphatic carbocycles. The van der Waals surface area contributed by atoms with Crippen LogP contribution in [0.2, 0.25) is 0 Å². The normalized spacial score (nSPS) is 16.3. The molecule has 7 nitrogen and oxygen atoms in total. The van der Waals surface area contributed by atoms with Gasteiger partial charge in [-0.15, -0.1) is 0 Å². The van der Waals surface area contributed by atoms with Gasteiger partial charge in [0.05, 0.1) is 12.2 Å². The summed E-state index contributed by atoms with van der Waals surface area (Å²) in [5.74, 6) is 1.12. The van der Waals surface area contributed by atoms with Crippen molar-refractivity contribution < 1.29 is 29.2 Å². The van der Waals surface area contributed by atoms with Crippen LogP contribution in [0.5, 0.6) is 11.5 Å². The average Bonchev–Trinajstić information content (AvgIpc) is 3.08. The van der Waals surface area contributed by atoms with E-state index in [-0.39, 0.29) is 23.4 Å². The summed E-state index contributed by atoms with van der Waals surface area (Å²) < 4.78 is 17.7. The Morgan fingerprint density at radius 3 is 2.68 bits per heavy atom. The largest absolute Gasteiger partial charge is 0.492 e. The third kappa shape index (κ3) is 3.74. The highest BCUT2D eigenvalue weighted by Crippen LogP contribution is 2.43. The van der Waals surface area contributed by atoms with E-state index in [0.29, 0.717) is 48.3 Å². The summed E-state index contributed by atoms with van der Waals surface area (Å²) in [6.45, 7) is 5.27. The van der Waals surface area contributed by atoms with E-state index in [9.17, 15) is 15.0 Å². The first-order valence-corrected chi connectivity index (χ1v) is 9.69. The molecule has 0 spiro atoms. The van der Waals surface area contributed by atoms with Crippen molar-refractivity contribution in [2.45, 2.75) is 64.8 Å². The molecular weight excluding hydrogens is 364 g/mol. The summed E-state index contributed by atoms with van der Waals surface area (Å²) in [6, 6.07) is 1.63. The molecule has 28 heavy (non-hydrogen) atoms. The molecule has 0 radical (unpaired) electrons. The zero-order chi connectivity index (χ0) is 20.5. The van der Waals surface area contributed by atoms with E-state index < -0.39 is 18.3 Å². The van der Waals surface area contributed by atoms with Crippen LogP contribution in [-0.2, 0) is 19.4 Å².